The first-order valence-corrected chi connectivity index (χ1v) is 10.2. The van der Waals surface area contributed by atoms with Gasteiger partial charge < -0.3 is 33.5 Å². The second-order valence-electron chi connectivity index (χ2n) is 7.59. The van der Waals surface area contributed by atoms with Crippen LogP contribution in [0.25, 0.3) is 0 Å². The highest BCUT2D eigenvalue weighted by molar-refractivity contribution is 5.68. The summed E-state index contributed by atoms with van der Waals surface area (Å²) in [6, 6.07) is 0. The Balaban J connectivity index is 2.37. The molecule has 0 aromatic heterocycles. The van der Waals surface area contributed by atoms with E-state index in [1.807, 2.05) is 0 Å². The monoisotopic (exact) mass is 446 g/mol. The zero-order valence-corrected chi connectivity index (χ0v) is 18.1. The van der Waals surface area contributed by atoms with E-state index in [-0.39, 0.29) is 6.61 Å². The number of aliphatic hydroxyl groups excluding tert-OH is 1. The van der Waals surface area contributed by atoms with Crippen molar-refractivity contribution >= 4 is 23.9 Å². The predicted octanol–water partition coefficient (Wildman–Crippen LogP) is 0.390. The fraction of sp³-hybridized carbons (Fsp3) is 0.800. The Morgan fingerprint density at radius 3 is 1.90 bits per heavy atom. The molecule has 1 saturated carbocycles. The van der Waals surface area contributed by atoms with Crippen LogP contribution in [0.15, 0.2) is 0 Å². The summed E-state index contributed by atoms with van der Waals surface area (Å²) in [5.41, 5.74) is 0. The van der Waals surface area contributed by atoms with Crippen molar-refractivity contribution in [1.29, 1.82) is 0 Å². The molecule has 7 atom stereocenters. The third-order valence-corrected chi connectivity index (χ3v) is 4.92. The maximum absolute atomic E-state index is 11.8. The van der Waals surface area contributed by atoms with Gasteiger partial charge >= 0.3 is 23.9 Å². The number of aliphatic hydroxyl groups is 1. The van der Waals surface area contributed by atoms with Crippen molar-refractivity contribution in [2.24, 2.45) is 0 Å². The van der Waals surface area contributed by atoms with Gasteiger partial charge in [-0.15, -0.1) is 0 Å². The Morgan fingerprint density at radius 2 is 1.35 bits per heavy atom. The lowest BCUT2D eigenvalue weighted by molar-refractivity contribution is -0.323. The number of carbonyl (C=O) groups excluding carboxylic acids is 4. The number of carbonyl (C=O) groups is 4. The van der Waals surface area contributed by atoms with Crippen molar-refractivity contribution in [3.63, 3.8) is 0 Å². The molecule has 0 aromatic carbocycles. The van der Waals surface area contributed by atoms with Crippen LogP contribution in [0.1, 0.15) is 53.4 Å². The molecule has 1 aliphatic carbocycles. The molecule has 0 amide bonds. The SMILES string of the molecule is CC(=O)OCC1OC(OC2CCCCC2O)C(OC(C)=O)C(OC(C)=O)C1OC(C)=O. The van der Waals surface area contributed by atoms with Gasteiger partial charge in [0.05, 0.1) is 12.2 Å². The topological polar surface area (TPSA) is 144 Å². The highest BCUT2D eigenvalue weighted by Crippen LogP contribution is 2.32. The second kappa shape index (κ2) is 11.4. The zero-order chi connectivity index (χ0) is 23.1. The minimum atomic E-state index is -1.29. The van der Waals surface area contributed by atoms with E-state index in [4.69, 9.17) is 28.4 Å². The predicted molar refractivity (Wildman–Crippen MR) is 101 cm³/mol. The first-order valence-electron chi connectivity index (χ1n) is 10.2. The Bertz CT molecular complexity index is 664. The summed E-state index contributed by atoms with van der Waals surface area (Å²) in [7, 11) is 0. The summed E-state index contributed by atoms with van der Waals surface area (Å²) in [5, 5.41) is 10.3. The fourth-order valence-electron chi connectivity index (χ4n) is 3.71. The molecule has 7 unspecified atom stereocenters. The van der Waals surface area contributed by atoms with Crippen LogP contribution in [0.2, 0.25) is 0 Å². The molecular formula is C20H30O11. The number of hydrogen-bond acceptors (Lipinski definition) is 11. The van der Waals surface area contributed by atoms with Gasteiger partial charge in [-0.2, -0.15) is 0 Å². The van der Waals surface area contributed by atoms with E-state index >= 15 is 0 Å². The molecule has 176 valence electrons. The molecule has 2 fully saturated rings. The number of hydrogen-bond donors (Lipinski definition) is 1. The summed E-state index contributed by atoms with van der Waals surface area (Å²) in [5.74, 6) is -2.73. The molecule has 2 rings (SSSR count). The van der Waals surface area contributed by atoms with Crippen molar-refractivity contribution in [2.75, 3.05) is 6.61 Å². The van der Waals surface area contributed by atoms with Gasteiger partial charge in [-0.1, -0.05) is 12.8 Å². The lowest BCUT2D eigenvalue weighted by Gasteiger charge is -2.45. The second-order valence-corrected chi connectivity index (χ2v) is 7.59. The summed E-state index contributed by atoms with van der Waals surface area (Å²) in [4.78, 5) is 46.6. The average Bonchev–Trinajstić information content (AvgIpc) is 2.65. The van der Waals surface area contributed by atoms with Crippen LogP contribution in [-0.2, 0) is 47.6 Å². The van der Waals surface area contributed by atoms with E-state index in [2.05, 4.69) is 0 Å². The Kier molecular flexibility index (Phi) is 9.20. The van der Waals surface area contributed by atoms with E-state index in [1.165, 1.54) is 6.92 Å². The molecular weight excluding hydrogens is 416 g/mol. The molecule has 0 radical (unpaired) electrons. The lowest BCUT2D eigenvalue weighted by Crippen LogP contribution is -2.63. The normalized spacial score (nSPS) is 33.1. The molecule has 11 nitrogen and oxygen atoms in total. The van der Waals surface area contributed by atoms with Crippen LogP contribution < -0.4 is 0 Å². The molecule has 1 N–H and O–H groups in total. The van der Waals surface area contributed by atoms with Gasteiger partial charge in [0, 0.05) is 27.7 Å². The van der Waals surface area contributed by atoms with Gasteiger partial charge in [-0.05, 0) is 12.8 Å². The molecule has 1 saturated heterocycles. The highest BCUT2D eigenvalue weighted by Gasteiger charge is 2.53. The van der Waals surface area contributed by atoms with Crippen molar-refractivity contribution < 1.29 is 52.7 Å². The van der Waals surface area contributed by atoms with Crippen LogP contribution in [0.4, 0.5) is 0 Å². The van der Waals surface area contributed by atoms with Crippen LogP contribution in [0.3, 0.4) is 0 Å². The zero-order valence-electron chi connectivity index (χ0n) is 18.1. The summed E-state index contributed by atoms with van der Waals surface area (Å²) < 4.78 is 32.8. The van der Waals surface area contributed by atoms with Crippen LogP contribution in [-0.4, -0.2) is 78.5 Å². The van der Waals surface area contributed by atoms with E-state index < -0.39 is 66.8 Å². The van der Waals surface area contributed by atoms with E-state index in [9.17, 15) is 24.3 Å². The molecule has 0 bridgehead atoms. The number of rotatable bonds is 7. The van der Waals surface area contributed by atoms with Gasteiger partial charge in [-0.25, -0.2) is 0 Å². The molecule has 31 heavy (non-hydrogen) atoms. The van der Waals surface area contributed by atoms with Crippen molar-refractivity contribution in [3.05, 3.63) is 0 Å². The molecule has 2 aliphatic rings. The number of esters is 4. The minimum absolute atomic E-state index is 0.328. The largest absolute Gasteiger partial charge is 0.463 e. The van der Waals surface area contributed by atoms with Crippen LogP contribution in [0.5, 0.6) is 0 Å². The van der Waals surface area contributed by atoms with Crippen LogP contribution in [0, 0.1) is 0 Å². The van der Waals surface area contributed by atoms with Crippen molar-refractivity contribution in [2.45, 2.75) is 96.3 Å². The first-order chi connectivity index (χ1) is 14.6. The standard InChI is InChI=1S/C20H30O11/c1-10(21)26-9-16-17(27-11(2)22)18(28-12(3)23)19(29-13(4)24)20(31-16)30-15-8-6-5-7-14(15)25/h14-20,25H,5-9H2,1-4H3. The summed E-state index contributed by atoms with van der Waals surface area (Å²) in [6.07, 6.45) is -4.74. The Labute approximate surface area is 180 Å². The van der Waals surface area contributed by atoms with Gasteiger partial charge in [0.1, 0.15) is 12.7 Å². The van der Waals surface area contributed by atoms with Crippen molar-refractivity contribution in [3.8, 4) is 0 Å². The maximum Gasteiger partial charge on any atom is 0.303 e. The van der Waals surface area contributed by atoms with Gasteiger partial charge in [0.15, 0.2) is 24.6 Å². The molecule has 1 heterocycles. The molecule has 1 aliphatic heterocycles. The summed E-state index contributed by atoms with van der Waals surface area (Å²) >= 11 is 0. The van der Waals surface area contributed by atoms with E-state index in [0.717, 1.165) is 33.6 Å². The van der Waals surface area contributed by atoms with Crippen LogP contribution >= 0.6 is 0 Å². The highest BCUT2D eigenvalue weighted by atomic mass is 16.7. The number of ether oxygens (including phenoxy) is 6. The van der Waals surface area contributed by atoms with Gasteiger partial charge in [0.2, 0.25) is 0 Å². The van der Waals surface area contributed by atoms with Gasteiger partial charge in [-0.3, -0.25) is 19.2 Å². The lowest BCUT2D eigenvalue weighted by atomic mass is 9.94. The minimum Gasteiger partial charge on any atom is -0.463 e. The molecule has 0 aromatic rings. The average molecular weight is 446 g/mol. The molecule has 11 heteroatoms. The van der Waals surface area contributed by atoms with E-state index in [1.54, 1.807) is 0 Å². The fourth-order valence-corrected chi connectivity index (χ4v) is 3.71. The van der Waals surface area contributed by atoms with E-state index in [0.29, 0.717) is 12.8 Å². The third-order valence-electron chi connectivity index (χ3n) is 4.92. The Morgan fingerprint density at radius 1 is 0.806 bits per heavy atom. The third kappa shape index (κ3) is 7.44. The quantitative estimate of drug-likeness (QED) is 0.428. The van der Waals surface area contributed by atoms with Crippen molar-refractivity contribution in [1.82, 2.24) is 0 Å². The summed E-state index contributed by atoms with van der Waals surface area (Å²) in [6.45, 7) is 4.32. The Hall–Kier alpha value is -2.24. The van der Waals surface area contributed by atoms with Gasteiger partial charge in [0.25, 0.3) is 0 Å². The first kappa shape index (κ1) is 25.0. The smallest absolute Gasteiger partial charge is 0.303 e. The maximum atomic E-state index is 11.8. The molecule has 0 spiro atoms.